The molecule has 1 heterocycles. The van der Waals surface area contributed by atoms with Crippen molar-refractivity contribution in [1.82, 2.24) is 10.2 Å². The van der Waals surface area contributed by atoms with Crippen LogP contribution in [0.15, 0.2) is 0 Å². The van der Waals surface area contributed by atoms with Gasteiger partial charge in [0.25, 0.3) is 0 Å². The molecule has 7 heteroatoms. The van der Waals surface area contributed by atoms with Crippen LogP contribution < -0.4 is 5.32 Å². The van der Waals surface area contributed by atoms with E-state index in [-0.39, 0.29) is 24.6 Å². The number of amides is 1. The van der Waals surface area contributed by atoms with E-state index in [1.54, 1.807) is 4.90 Å². The quantitative estimate of drug-likeness (QED) is 0.606. The maximum atomic E-state index is 15.4. The van der Waals surface area contributed by atoms with Gasteiger partial charge in [0.2, 0.25) is 0 Å². The summed E-state index contributed by atoms with van der Waals surface area (Å²) in [5.74, 6) is 1.13. The van der Waals surface area contributed by atoms with E-state index in [0.29, 0.717) is 37.0 Å². The molecule has 5 saturated carbocycles. The Hall–Kier alpha value is -1.29. The van der Waals surface area contributed by atoms with E-state index in [9.17, 15) is 9.50 Å². The zero-order valence-corrected chi connectivity index (χ0v) is 15.0. The van der Waals surface area contributed by atoms with Crippen molar-refractivity contribution >= 4 is 13.1 Å². The molecule has 6 aliphatic rings. The van der Waals surface area contributed by atoms with Gasteiger partial charge < -0.3 is 0 Å². The zero-order chi connectivity index (χ0) is 18.1. The summed E-state index contributed by atoms with van der Waals surface area (Å²) >= 11 is 0. The summed E-state index contributed by atoms with van der Waals surface area (Å²) in [5.41, 5.74) is -1.53. The Balaban J connectivity index is 1.47. The number of hydrogen-bond donors (Lipinski definition) is 1. The Morgan fingerprint density at radius 3 is 2.62 bits per heavy atom. The van der Waals surface area contributed by atoms with Crippen molar-refractivity contribution in [2.45, 2.75) is 75.3 Å². The van der Waals surface area contributed by atoms with E-state index in [1.165, 1.54) is 0 Å². The van der Waals surface area contributed by atoms with Gasteiger partial charge in [0.05, 0.1) is 0 Å². The third-order valence-corrected chi connectivity index (χ3v) is 7.78. The Bertz CT molecular complexity index is 681. The normalized spacial score (nSPS) is 48.6. The van der Waals surface area contributed by atoms with Crippen molar-refractivity contribution in [2.75, 3.05) is 6.44 Å². The maximum absolute atomic E-state index is 15.4. The predicted octanol–water partition coefficient (Wildman–Crippen LogP) is 2.13. The molecule has 1 aliphatic heterocycles. The number of likely N-dealkylation sites (tertiary alicyclic amines) is 1. The number of carbonyl (C=O) groups is 1. The summed E-state index contributed by atoms with van der Waals surface area (Å²) < 4.78 is 26.4. The summed E-state index contributed by atoms with van der Waals surface area (Å²) in [6, 6.07) is -0.340. The number of piperidine rings is 1. The number of halogens is 1. The van der Waals surface area contributed by atoms with Gasteiger partial charge in [0, 0.05) is 0 Å². The molecule has 26 heavy (non-hydrogen) atoms. The number of carbonyl (C=O) groups excluding carboxylic acids is 1. The second-order valence-corrected chi connectivity index (χ2v) is 9.64. The fourth-order valence-electron chi connectivity index (χ4n) is 7.29. The first kappa shape index (κ1) is 16.9. The molecular weight excluding hydrogens is 332 g/mol. The average Bonchev–Trinajstić information content (AvgIpc) is 3.22. The predicted molar refractivity (Wildman–Crippen MR) is 92.9 cm³/mol. The molecule has 6 fully saturated rings. The number of alkyl halides is 1. The molecule has 5 unspecified atom stereocenters. The number of fused-ring (bicyclic) bond motifs is 1. The monoisotopic (exact) mass is 357 g/mol. The van der Waals surface area contributed by atoms with E-state index in [2.05, 4.69) is 10.2 Å². The molecule has 5 nitrogen and oxygen atoms in total. The van der Waals surface area contributed by atoms with Gasteiger partial charge in [0.15, 0.2) is 0 Å². The summed E-state index contributed by atoms with van der Waals surface area (Å²) in [7, 11) is 0.780. The van der Waals surface area contributed by atoms with Gasteiger partial charge in [-0.15, -0.1) is 0 Å². The Morgan fingerprint density at radius 1 is 1.27 bits per heavy atom. The van der Waals surface area contributed by atoms with Crippen molar-refractivity contribution < 1.29 is 13.9 Å². The van der Waals surface area contributed by atoms with Crippen molar-refractivity contribution in [3.8, 4) is 0 Å². The van der Waals surface area contributed by atoms with Crippen LogP contribution in [0.1, 0.15) is 51.4 Å². The minimum atomic E-state index is -1.14. The molecule has 1 amide bonds. The molecule has 5 aliphatic carbocycles. The van der Waals surface area contributed by atoms with Crippen molar-refractivity contribution in [3.63, 3.8) is 0 Å². The molecule has 4 bridgehead atoms. The Kier molecular flexibility index (Phi) is 3.64. The second-order valence-electron chi connectivity index (χ2n) is 9.64. The van der Waals surface area contributed by atoms with Gasteiger partial charge in [0.1, 0.15) is 0 Å². The molecular formula is C19H25BFN3O2. The van der Waals surface area contributed by atoms with E-state index in [4.69, 9.17) is 6.57 Å². The third kappa shape index (κ3) is 2.41. The molecule has 6 rings (SSSR count). The molecule has 138 valence electrons. The van der Waals surface area contributed by atoms with Gasteiger partial charge in [-0.3, -0.25) is 0 Å². The van der Waals surface area contributed by atoms with Crippen LogP contribution in [-0.2, 0) is 9.50 Å². The minimum absolute atomic E-state index is 0.0524. The molecule has 1 saturated heterocycles. The van der Waals surface area contributed by atoms with Gasteiger partial charge in [-0.05, 0) is 0 Å². The van der Waals surface area contributed by atoms with Gasteiger partial charge in [-0.2, -0.15) is 0 Å². The second kappa shape index (κ2) is 5.61. The number of nitrogens with zero attached hydrogens (tertiary/aromatic N) is 2. The topological polar surface area (TPSA) is 53.8 Å². The fourth-order valence-corrected chi connectivity index (χ4v) is 7.29. The molecule has 0 spiro atoms. The summed E-state index contributed by atoms with van der Waals surface area (Å²) in [5, 5.41) is 3.18. The van der Waals surface area contributed by atoms with Gasteiger partial charge in [-0.1, -0.05) is 0 Å². The SMILES string of the molecule is [C-]#[N+]C1CC2CC2N1C(=O)[C@@H](NCB=O)C12CC3CC(CC(F)(C3)C1)C2. The van der Waals surface area contributed by atoms with Crippen LogP contribution in [-0.4, -0.2) is 48.3 Å². The standard InChI is InChI=1S/C19H25BFN3O2/c1-22-15-4-13-3-14(13)24(15)17(25)16(23-10-20-26)18-5-11-2-12(6-18)8-19(21,7-11)9-18/h11-16,23H,2-10H2/t11?,12?,13?,14?,15?,16-,18?,19?/m1/s1. The van der Waals surface area contributed by atoms with Crippen LogP contribution in [0.4, 0.5) is 4.39 Å². The van der Waals surface area contributed by atoms with Crippen molar-refractivity contribution in [3.05, 3.63) is 11.4 Å². The first-order valence-corrected chi connectivity index (χ1v) is 10.0. The molecule has 0 aromatic rings. The van der Waals surface area contributed by atoms with E-state index >= 15 is 4.39 Å². The number of hydrogen-bond acceptors (Lipinski definition) is 3. The number of nitrogens with one attached hydrogen (secondary N) is 1. The van der Waals surface area contributed by atoms with Crippen LogP contribution >= 0.6 is 0 Å². The van der Waals surface area contributed by atoms with Gasteiger partial charge >= 0.3 is 153 Å². The van der Waals surface area contributed by atoms with Crippen molar-refractivity contribution in [2.24, 2.45) is 23.2 Å². The van der Waals surface area contributed by atoms with Crippen LogP contribution in [0.5, 0.6) is 0 Å². The molecule has 0 aromatic carbocycles. The van der Waals surface area contributed by atoms with Crippen molar-refractivity contribution in [1.29, 1.82) is 0 Å². The first-order chi connectivity index (χ1) is 12.5. The van der Waals surface area contributed by atoms with E-state index in [0.717, 1.165) is 39.3 Å². The Labute approximate surface area is 154 Å². The average molecular weight is 357 g/mol. The molecule has 0 aromatic heterocycles. The van der Waals surface area contributed by atoms with Crippen LogP contribution in [0, 0.1) is 29.7 Å². The third-order valence-electron chi connectivity index (χ3n) is 7.78. The summed E-state index contributed by atoms with van der Waals surface area (Å²) in [6.45, 7) is 7.46. The summed E-state index contributed by atoms with van der Waals surface area (Å²) in [6.07, 6.45) is 6.04. The fraction of sp³-hybridized carbons (Fsp3) is 0.895. The van der Waals surface area contributed by atoms with Crippen LogP contribution in [0.25, 0.3) is 4.85 Å². The van der Waals surface area contributed by atoms with Gasteiger partial charge in [-0.25, -0.2) is 0 Å². The van der Waals surface area contributed by atoms with E-state index < -0.39 is 17.1 Å². The van der Waals surface area contributed by atoms with Crippen LogP contribution in [0.3, 0.4) is 0 Å². The van der Waals surface area contributed by atoms with Crippen LogP contribution in [0.2, 0.25) is 0 Å². The Morgan fingerprint density at radius 2 is 2.00 bits per heavy atom. The molecule has 1 N–H and O–H groups in total. The molecule has 0 radical (unpaired) electrons. The molecule has 6 atom stereocenters. The first-order valence-electron chi connectivity index (χ1n) is 10.0. The number of rotatable bonds is 5. The van der Waals surface area contributed by atoms with E-state index in [1.807, 2.05) is 0 Å². The zero-order valence-electron chi connectivity index (χ0n) is 15.0. The summed E-state index contributed by atoms with van der Waals surface area (Å²) in [4.78, 5) is 19.0.